The van der Waals surface area contributed by atoms with E-state index in [0.29, 0.717) is 27.3 Å². The summed E-state index contributed by atoms with van der Waals surface area (Å²) in [7, 11) is 3.00. The molecular formula is C17H17BrN2O5. The topological polar surface area (TPSA) is 89.4 Å². The molecule has 0 fully saturated rings. The molecule has 0 aliphatic rings. The Morgan fingerprint density at radius 3 is 2.72 bits per heavy atom. The molecule has 0 radical (unpaired) electrons. The molecule has 0 spiro atoms. The minimum Gasteiger partial charge on any atom is -0.503 e. The first-order valence-electron chi connectivity index (χ1n) is 7.18. The number of benzene rings is 2. The first kappa shape index (κ1) is 18.6. The predicted molar refractivity (Wildman–Crippen MR) is 96.6 cm³/mol. The Hall–Kier alpha value is -2.74. The van der Waals surface area contributed by atoms with E-state index in [-0.39, 0.29) is 12.4 Å². The van der Waals surface area contributed by atoms with Gasteiger partial charge in [-0.25, -0.2) is 5.43 Å². The summed E-state index contributed by atoms with van der Waals surface area (Å²) in [4.78, 5) is 11.8. The standard InChI is InChI=1S/C17H17BrN2O5/c1-23-12-4-3-5-13(8-12)25-10-16(21)20-19-9-11-6-14(18)17(22)15(7-11)24-2/h3-9,22H,10H2,1-2H3,(H,20,21)/b19-9+. The quantitative estimate of drug-likeness (QED) is 0.542. The molecule has 0 bridgehead atoms. The van der Waals surface area contributed by atoms with Gasteiger partial charge in [-0.3, -0.25) is 4.79 Å². The highest BCUT2D eigenvalue weighted by Gasteiger charge is 2.07. The van der Waals surface area contributed by atoms with Crippen LogP contribution in [-0.4, -0.2) is 38.1 Å². The van der Waals surface area contributed by atoms with Crippen LogP contribution in [0.15, 0.2) is 46.0 Å². The average molecular weight is 409 g/mol. The summed E-state index contributed by atoms with van der Waals surface area (Å²) in [5.41, 5.74) is 2.99. The molecule has 2 aromatic carbocycles. The van der Waals surface area contributed by atoms with Gasteiger partial charge in [0.1, 0.15) is 11.5 Å². The summed E-state index contributed by atoms with van der Waals surface area (Å²) in [6.07, 6.45) is 1.43. The van der Waals surface area contributed by atoms with E-state index in [4.69, 9.17) is 14.2 Å². The summed E-state index contributed by atoms with van der Waals surface area (Å²) >= 11 is 3.21. The van der Waals surface area contributed by atoms with Crippen LogP contribution in [0.25, 0.3) is 0 Å². The zero-order valence-electron chi connectivity index (χ0n) is 13.7. The number of phenols is 1. The number of amides is 1. The second-order valence-electron chi connectivity index (χ2n) is 4.81. The molecule has 2 N–H and O–H groups in total. The predicted octanol–water partition coefficient (Wildman–Crippen LogP) is 2.70. The maximum Gasteiger partial charge on any atom is 0.277 e. The van der Waals surface area contributed by atoms with Crippen molar-refractivity contribution in [2.24, 2.45) is 5.10 Å². The van der Waals surface area contributed by atoms with Gasteiger partial charge < -0.3 is 19.3 Å². The van der Waals surface area contributed by atoms with Crippen LogP contribution in [0.3, 0.4) is 0 Å². The molecule has 0 saturated carbocycles. The average Bonchev–Trinajstić information content (AvgIpc) is 2.63. The van der Waals surface area contributed by atoms with Gasteiger partial charge in [0, 0.05) is 6.07 Å². The van der Waals surface area contributed by atoms with E-state index in [2.05, 4.69) is 26.5 Å². The zero-order valence-corrected chi connectivity index (χ0v) is 15.2. The lowest BCUT2D eigenvalue weighted by Gasteiger charge is -2.07. The molecule has 0 unspecified atom stereocenters. The van der Waals surface area contributed by atoms with Crippen molar-refractivity contribution in [3.8, 4) is 23.0 Å². The summed E-state index contributed by atoms with van der Waals surface area (Å²) in [6, 6.07) is 10.2. The Morgan fingerprint density at radius 1 is 1.24 bits per heavy atom. The number of halogens is 1. The number of nitrogens with zero attached hydrogens (tertiary/aromatic N) is 1. The van der Waals surface area contributed by atoms with E-state index in [0.717, 1.165) is 0 Å². The molecular weight excluding hydrogens is 392 g/mol. The maximum absolute atomic E-state index is 11.8. The smallest absolute Gasteiger partial charge is 0.277 e. The molecule has 0 aliphatic carbocycles. The third-order valence-corrected chi connectivity index (χ3v) is 3.69. The molecule has 0 saturated heterocycles. The van der Waals surface area contributed by atoms with Gasteiger partial charge in [-0.15, -0.1) is 0 Å². The molecule has 0 aliphatic heterocycles. The van der Waals surface area contributed by atoms with Crippen LogP contribution >= 0.6 is 15.9 Å². The van der Waals surface area contributed by atoms with Gasteiger partial charge in [0.15, 0.2) is 18.1 Å². The number of carbonyl (C=O) groups excluding carboxylic acids is 1. The van der Waals surface area contributed by atoms with E-state index >= 15 is 0 Å². The molecule has 7 nitrogen and oxygen atoms in total. The van der Waals surface area contributed by atoms with Gasteiger partial charge in [-0.05, 0) is 45.8 Å². The first-order valence-corrected chi connectivity index (χ1v) is 7.98. The van der Waals surface area contributed by atoms with Crippen LogP contribution in [0.4, 0.5) is 0 Å². The van der Waals surface area contributed by atoms with Crippen molar-refractivity contribution in [1.29, 1.82) is 0 Å². The fourth-order valence-corrected chi connectivity index (χ4v) is 2.33. The Bertz CT molecular complexity index is 780. The Labute approximate surface area is 153 Å². The number of phenolic OH excluding ortho intramolecular Hbond substituents is 1. The zero-order chi connectivity index (χ0) is 18.2. The highest BCUT2D eigenvalue weighted by Crippen LogP contribution is 2.34. The maximum atomic E-state index is 11.8. The van der Waals surface area contributed by atoms with E-state index in [1.165, 1.54) is 13.3 Å². The number of methoxy groups -OCH3 is 2. The minimum absolute atomic E-state index is 0.00428. The van der Waals surface area contributed by atoms with Crippen LogP contribution in [-0.2, 0) is 4.79 Å². The van der Waals surface area contributed by atoms with Crippen molar-refractivity contribution in [2.75, 3.05) is 20.8 Å². The fourth-order valence-electron chi connectivity index (χ4n) is 1.87. The highest BCUT2D eigenvalue weighted by molar-refractivity contribution is 9.10. The van der Waals surface area contributed by atoms with Crippen molar-refractivity contribution < 1.29 is 24.1 Å². The molecule has 0 heterocycles. The summed E-state index contributed by atoms with van der Waals surface area (Å²) in [6.45, 7) is -0.187. The number of hydrogen-bond donors (Lipinski definition) is 2. The summed E-state index contributed by atoms with van der Waals surface area (Å²) in [5.74, 6) is 1.04. The van der Waals surface area contributed by atoms with Crippen LogP contribution < -0.4 is 19.6 Å². The summed E-state index contributed by atoms with van der Waals surface area (Å²) in [5, 5.41) is 13.6. The van der Waals surface area contributed by atoms with Crippen molar-refractivity contribution in [3.05, 3.63) is 46.4 Å². The number of nitrogens with one attached hydrogen (secondary N) is 1. The van der Waals surface area contributed by atoms with Gasteiger partial charge in [-0.1, -0.05) is 6.07 Å². The highest BCUT2D eigenvalue weighted by atomic mass is 79.9. The molecule has 1 amide bonds. The van der Waals surface area contributed by atoms with Crippen molar-refractivity contribution >= 4 is 28.1 Å². The van der Waals surface area contributed by atoms with Crippen LogP contribution in [0.2, 0.25) is 0 Å². The molecule has 2 rings (SSSR count). The lowest BCUT2D eigenvalue weighted by atomic mass is 10.2. The van der Waals surface area contributed by atoms with Crippen LogP contribution in [0, 0.1) is 0 Å². The van der Waals surface area contributed by atoms with Crippen LogP contribution in [0.1, 0.15) is 5.56 Å². The Kier molecular flexibility index (Phi) is 6.64. The normalized spacial score (nSPS) is 10.5. The van der Waals surface area contributed by atoms with Gasteiger partial charge in [0.2, 0.25) is 0 Å². The van der Waals surface area contributed by atoms with E-state index in [9.17, 15) is 9.90 Å². The molecule has 8 heteroatoms. The van der Waals surface area contributed by atoms with Gasteiger partial charge in [0.05, 0.1) is 24.9 Å². The lowest BCUT2D eigenvalue weighted by molar-refractivity contribution is -0.123. The van der Waals surface area contributed by atoms with Gasteiger partial charge in [0.25, 0.3) is 5.91 Å². The number of rotatable bonds is 7. The molecule has 2 aromatic rings. The first-order chi connectivity index (χ1) is 12.0. The second kappa shape index (κ2) is 8.93. The van der Waals surface area contributed by atoms with E-state index in [1.807, 2.05) is 0 Å². The SMILES string of the molecule is COc1cccc(OCC(=O)N/N=C/c2cc(Br)c(O)c(OC)c2)c1. The second-order valence-corrected chi connectivity index (χ2v) is 5.67. The number of aromatic hydroxyl groups is 1. The largest absolute Gasteiger partial charge is 0.503 e. The Balaban J connectivity index is 1.89. The van der Waals surface area contributed by atoms with Crippen molar-refractivity contribution in [3.63, 3.8) is 0 Å². The van der Waals surface area contributed by atoms with Gasteiger partial charge >= 0.3 is 0 Å². The monoisotopic (exact) mass is 408 g/mol. The molecule has 25 heavy (non-hydrogen) atoms. The molecule has 0 aromatic heterocycles. The van der Waals surface area contributed by atoms with E-state index < -0.39 is 5.91 Å². The molecule has 0 atom stereocenters. The third-order valence-electron chi connectivity index (χ3n) is 3.08. The number of carbonyl (C=O) groups is 1. The van der Waals surface area contributed by atoms with E-state index in [1.54, 1.807) is 43.5 Å². The van der Waals surface area contributed by atoms with Crippen molar-refractivity contribution in [1.82, 2.24) is 5.43 Å². The minimum atomic E-state index is -0.413. The fraction of sp³-hybridized carbons (Fsp3) is 0.176. The van der Waals surface area contributed by atoms with Crippen LogP contribution in [0.5, 0.6) is 23.0 Å². The third kappa shape index (κ3) is 5.39. The number of ether oxygens (including phenoxy) is 3. The Morgan fingerprint density at radius 2 is 2.00 bits per heavy atom. The van der Waals surface area contributed by atoms with Crippen molar-refractivity contribution in [2.45, 2.75) is 0 Å². The number of hydrogen-bond acceptors (Lipinski definition) is 6. The molecule has 132 valence electrons. The summed E-state index contributed by atoms with van der Waals surface area (Å²) < 4.78 is 15.9. The lowest BCUT2D eigenvalue weighted by Crippen LogP contribution is -2.24. The number of hydrazone groups is 1. The van der Waals surface area contributed by atoms with Gasteiger partial charge in [-0.2, -0.15) is 5.10 Å².